The Morgan fingerprint density at radius 3 is 2.90 bits per heavy atom. The molecular formula is C9H17N. The Kier molecular flexibility index (Phi) is 2.50. The van der Waals surface area contributed by atoms with Gasteiger partial charge in [-0.15, -0.1) is 0 Å². The van der Waals surface area contributed by atoms with E-state index in [0.29, 0.717) is 12.0 Å². The molecule has 0 spiro atoms. The van der Waals surface area contributed by atoms with Crippen molar-refractivity contribution in [2.45, 2.75) is 32.7 Å². The van der Waals surface area contributed by atoms with Gasteiger partial charge in [0.2, 0.25) is 0 Å². The fraction of sp³-hybridized carbons (Fsp3) is 0.778. The van der Waals surface area contributed by atoms with Gasteiger partial charge in [0.05, 0.1) is 0 Å². The van der Waals surface area contributed by atoms with Crippen LogP contribution in [0.15, 0.2) is 12.2 Å². The summed E-state index contributed by atoms with van der Waals surface area (Å²) in [5.74, 6) is 0.671. The lowest BCUT2D eigenvalue weighted by molar-refractivity contribution is 0.523. The van der Waals surface area contributed by atoms with Gasteiger partial charge in [0, 0.05) is 12.6 Å². The van der Waals surface area contributed by atoms with E-state index >= 15 is 0 Å². The van der Waals surface area contributed by atoms with E-state index in [4.69, 9.17) is 0 Å². The Morgan fingerprint density at radius 1 is 1.50 bits per heavy atom. The van der Waals surface area contributed by atoms with E-state index in [1.807, 2.05) is 0 Å². The van der Waals surface area contributed by atoms with E-state index in [2.05, 4.69) is 25.7 Å². The average molecular weight is 139 g/mol. The highest BCUT2D eigenvalue weighted by Crippen LogP contribution is 2.18. The minimum atomic E-state index is 0.671. The van der Waals surface area contributed by atoms with E-state index in [9.17, 15) is 0 Å². The summed E-state index contributed by atoms with van der Waals surface area (Å²) in [5, 5.41) is 3.46. The third-order valence-electron chi connectivity index (χ3n) is 2.37. The first-order valence-corrected chi connectivity index (χ1v) is 4.11. The fourth-order valence-corrected chi connectivity index (χ4v) is 1.27. The smallest absolute Gasteiger partial charge is 0.00420 e. The molecule has 0 unspecified atom stereocenters. The summed E-state index contributed by atoms with van der Waals surface area (Å²) < 4.78 is 0. The van der Waals surface area contributed by atoms with Crippen molar-refractivity contribution in [2.24, 2.45) is 5.92 Å². The van der Waals surface area contributed by atoms with Gasteiger partial charge in [0.15, 0.2) is 0 Å². The molecule has 0 radical (unpaired) electrons. The zero-order valence-electron chi connectivity index (χ0n) is 6.98. The second-order valence-electron chi connectivity index (χ2n) is 3.41. The number of hydrogen-bond donors (Lipinski definition) is 1. The summed E-state index contributed by atoms with van der Waals surface area (Å²) in [7, 11) is 0. The zero-order valence-corrected chi connectivity index (χ0v) is 6.98. The van der Waals surface area contributed by atoms with Gasteiger partial charge in [-0.25, -0.2) is 0 Å². The van der Waals surface area contributed by atoms with Gasteiger partial charge in [0.25, 0.3) is 0 Å². The highest BCUT2D eigenvalue weighted by atomic mass is 14.9. The molecule has 0 aromatic carbocycles. The van der Waals surface area contributed by atoms with Crippen molar-refractivity contribution in [2.75, 3.05) is 6.54 Å². The SMILES string of the molecule is C=C1CC[C@H](C)NC[C@H]1C. The molecule has 1 aliphatic heterocycles. The molecule has 1 saturated heterocycles. The largest absolute Gasteiger partial charge is 0.314 e. The minimum Gasteiger partial charge on any atom is -0.314 e. The van der Waals surface area contributed by atoms with Gasteiger partial charge in [-0.1, -0.05) is 19.1 Å². The maximum atomic E-state index is 4.05. The van der Waals surface area contributed by atoms with Crippen LogP contribution in [0, 0.1) is 5.92 Å². The van der Waals surface area contributed by atoms with E-state index < -0.39 is 0 Å². The van der Waals surface area contributed by atoms with Gasteiger partial charge in [-0.05, 0) is 25.7 Å². The van der Waals surface area contributed by atoms with Crippen LogP contribution in [-0.4, -0.2) is 12.6 Å². The lowest BCUT2D eigenvalue weighted by Gasteiger charge is -2.10. The minimum absolute atomic E-state index is 0.671. The molecule has 0 amide bonds. The third kappa shape index (κ3) is 1.84. The van der Waals surface area contributed by atoms with Crippen molar-refractivity contribution in [3.8, 4) is 0 Å². The van der Waals surface area contributed by atoms with Crippen molar-refractivity contribution in [1.82, 2.24) is 5.32 Å². The molecule has 1 fully saturated rings. The Morgan fingerprint density at radius 2 is 2.20 bits per heavy atom. The predicted octanol–water partition coefficient (Wildman–Crippen LogP) is 1.95. The van der Waals surface area contributed by atoms with Crippen LogP contribution in [0.25, 0.3) is 0 Å². The second-order valence-corrected chi connectivity index (χ2v) is 3.41. The monoisotopic (exact) mass is 139 g/mol. The summed E-state index contributed by atoms with van der Waals surface area (Å²) in [5.41, 5.74) is 1.41. The second kappa shape index (κ2) is 3.20. The van der Waals surface area contributed by atoms with Crippen molar-refractivity contribution < 1.29 is 0 Å². The van der Waals surface area contributed by atoms with Gasteiger partial charge in [-0.2, -0.15) is 0 Å². The number of nitrogens with one attached hydrogen (secondary N) is 1. The third-order valence-corrected chi connectivity index (χ3v) is 2.37. The molecule has 1 heteroatoms. The van der Waals surface area contributed by atoms with Gasteiger partial charge >= 0.3 is 0 Å². The lowest BCUT2D eigenvalue weighted by Crippen LogP contribution is -2.27. The van der Waals surface area contributed by atoms with Gasteiger partial charge < -0.3 is 5.32 Å². The lowest BCUT2D eigenvalue weighted by atomic mass is 10.00. The molecule has 1 rings (SSSR count). The van der Waals surface area contributed by atoms with Crippen LogP contribution < -0.4 is 5.32 Å². The maximum absolute atomic E-state index is 4.05. The van der Waals surface area contributed by atoms with Crippen LogP contribution in [0.4, 0.5) is 0 Å². The first-order chi connectivity index (χ1) is 4.70. The molecule has 0 saturated carbocycles. The molecule has 0 aliphatic carbocycles. The van der Waals surface area contributed by atoms with Crippen LogP contribution >= 0.6 is 0 Å². The predicted molar refractivity (Wildman–Crippen MR) is 45.0 cm³/mol. The highest BCUT2D eigenvalue weighted by Gasteiger charge is 2.13. The Labute approximate surface area is 63.5 Å². The number of hydrogen-bond acceptors (Lipinski definition) is 1. The molecule has 1 N–H and O–H groups in total. The topological polar surface area (TPSA) is 12.0 Å². The Bertz CT molecular complexity index is 129. The summed E-state index contributed by atoms with van der Waals surface area (Å²) >= 11 is 0. The van der Waals surface area contributed by atoms with Gasteiger partial charge in [0.1, 0.15) is 0 Å². The standard InChI is InChI=1S/C9H17N/c1-7-4-5-9(3)10-6-8(7)2/h8-10H,1,4-6H2,2-3H3/t8-,9+/m1/s1. The quantitative estimate of drug-likeness (QED) is 0.506. The first kappa shape index (κ1) is 7.80. The van der Waals surface area contributed by atoms with Crippen LogP contribution in [0.1, 0.15) is 26.7 Å². The molecule has 10 heavy (non-hydrogen) atoms. The molecule has 0 aromatic rings. The normalized spacial score (nSPS) is 35.6. The molecule has 0 aromatic heterocycles. The molecule has 1 heterocycles. The van der Waals surface area contributed by atoms with E-state index in [0.717, 1.165) is 6.54 Å². The molecule has 2 atom stereocenters. The number of rotatable bonds is 0. The van der Waals surface area contributed by atoms with Crippen molar-refractivity contribution in [3.05, 3.63) is 12.2 Å². The van der Waals surface area contributed by atoms with Crippen molar-refractivity contribution in [3.63, 3.8) is 0 Å². The molecule has 1 nitrogen and oxygen atoms in total. The zero-order chi connectivity index (χ0) is 7.56. The van der Waals surface area contributed by atoms with Crippen LogP contribution in [0.2, 0.25) is 0 Å². The van der Waals surface area contributed by atoms with Crippen molar-refractivity contribution in [1.29, 1.82) is 0 Å². The van der Waals surface area contributed by atoms with Crippen LogP contribution in [0.3, 0.4) is 0 Å². The highest BCUT2D eigenvalue weighted by molar-refractivity contribution is 5.02. The average Bonchev–Trinajstić information content (AvgIpc) is 2.04. The molecule has 58 valence electrons. The molecule has 0 bridgehead atoms. The van der Waals surface area contributed by atoms with Crippen LogP contribution in [0.5, 0.6) is 0 Å². The van der Waals surface area contributed by atoms with Crippen molar-refractivity contribution >= 4 is 0 Å². The first-order valence-electron chi connectivity index (χ1n) is 4.11. The Balaban J connectivity index is 2.46. The maximum Gasteiger partial charge on any atom is 0.00420 e. The molecule has 1 aliphatic rings. The summed E-state index contributed by atoms with van der Waals surface area (Å²) in [6.45, 7) is 9.65. The fourth-order valence-electron chi connectivity index (χ4n) is 1.27. The van der Waals surface area contributed by atoms with E-state index in [1.54, 1.807) is 0 Å². The summed E-state index contributed by atoms with van der Waals surface area (Å²) in [6, 6.07) is 0.682. The van der Waals surface area contributed by atoms with Gasteiger partial charge in [-0.3, -0.25) is 0 Å². The molecular weight excluding hydrogens is 122 g/mol. The summed E-state index contributed by atoms with van der Waals surface area (Å²) in [6.07, 6.45) is 2.46. The summed E-state index contributed by atoms with van der Waals surface area (Å²) in [4.78, 5) is 0. The van der Waals surface area contributed by atoms with E-state index in [1.165, 1.54) is 18.4 Å². The van der Waals surface area contributed by atoms with E-state index in [-0.39, 0.29) is 0 Å². The van der Waals surface area contributed by atoms with Crippen LogP contribution in [-0.2, 0) is 0 Å². The Hall–Kier alpha value is -0.300.